The molecule has 1 atom stereocenters. The smallest absolute Gasteiger partial charge is 0.163 e. The lowest BCUT2D eigenvalue weighted by Crippen LogP contribution is -2.16. The van der Waals surface area contributed by atoms with Gasteiger partial charge in [-0.05, 0) is 19.1 Å². The third-order valence-corrected chi connectivity index (χ3v) is 3.00. The second kappa shape index (κ2) is 4.64. The summed E-state index contributed by atoms with van der Waals surface area (Å²) < 4.78 is 10.8. The maximum Gasteiger partial charge on any atom is 0.163 e. The first-order valence-electron chi connectivity index (χ1n) is 5.59. The summed E-state index contributed by atoms with van der Waals surface area (Å²) in [5, 5.41) is 0. The van der Waals surface area contributed by atoms with Crippen molar-refractivity contribution in [1.29, 1.82) is 0 Å². The van der Waals surface area contributed by atoms with Crippen molar-refractivity contribution in [1.82, 2.24) is 0 Å². The number of ether oxygens (including phenoxy) is 2. The Morgan fingerprint density at radius 3 is 2.83 bits per heavy atom. The number of rotatable bonds is 4. The summed E-state index contributed by atoms with van der Waals surface area (Å²) in [7, 11) is 1.52. The molecule has 0 bridgehead atoms. The molecule has 4 nitrogen and oxygen atoms in total. The van der Waals surface area contributed by atoms with Crippen molar-refractivity contribution in [3.05, 3.63) is 35.4 Å². The zero-order chi connectivity index (χ0) is 13.3. The highest BCUT2D eigenvalue weighted by Crippen LogP contribution is 2.36. The largest absolute Gasteiger partial charge is 0.496 e. The van der Waals surface area contributed by atoms with Crippen molar-refractivity contribution >= 4 is 12.1 Å². The van der Waals surface area contributed by atoms with E-state index < -0.39 is 0 Å². The van der Waals surface area contributed by atoms with Gasteiger partial charge in [0, 0.05) is 17.6 Å². The number of hydrogen-bond donors (Lipinski definition) is 0. The molecular weight excluding hydrogens is 232 g/mol. The minimum absolute atomic E-state index is 0.0871. The Kier molecular flexibility index (Phi) is 3.19. The van der Waals surface area contributed by atoms with Gasteiger partial charge in [-0.3, -0.25) is 9.59 Å². The van der Waals surface area contributed by atoms with Crippen molar-refractivity contribution in [3.8, 4) is 11.5 Å². The van der Waals surface area contributed by atoms with E-state index >= 15 is 0 Å². The van der Waals surface area contributed by atoms with E-state index in [1.807, 2.05) is 0 Å². The number of carbonyl (C=O) groups is 2. The van der Waals surface area contributed by atoms with Gasteiger partial charge < -0.3 is 9.47 Å². The average molecular weight is 246 g/mol. The van der Waals surface area contributed by atoms with Crippen LogP contribution in [0, 0.1) is 0 Å². The first-order chi connectivity index (χ1) is 8.56. The molecule has 0 aromatic heterocycles. The summed E-state index contributed by atoms with van der Waals surface area (Å²) in [4.78, 5) is 22.2. The first kappa shape index (κ1) is 12.4. The lowest BCUT2D eigenvalue weighted by molar-refractivity contribution is -0.105. The molecule has 1 heterocycles. The molecule has 18 heavy (non-hydrogen) atoms. The highest BCUT2D eigenvalue weighted by molar-refractivity contribution is 5.97. The van der Waals surface area contributed by atoms with Crippen LogP contribution < -0.4 is 9.47 Å². The van der Waals surface area contributed by atoms with Crippen LogP contribution in [0.5, 0.6) is 11.5 Å². The second-order valence-electron chi connectivity index (χ2n) is 4.22. The fraction of sp³-hybridized carbons (Fsp3) is 0.286. The van der Waals surface area contributed by atoms with Gasteiger partial charge in [-0.15, -0.1) is 0 Å². The van der Waals surface area contributed by atoms with Gasteiger partial charge in [-0.25, -0.2) is 0 Å². The number of fused-ring (bicyclic) bond motifs is 1. The molecule has 1 aromatic rings. The quantitative estimate of drug-likeness (QED) is 0.463. The molecule has 1 aliphatic rings. The van der Waals surface area contributed by atoms with Gasteiger partial charge in [-0.2, -0.15) is 0 Å². The average Bonchev–Trinajstić information content (AvgIpc) is 2.78. The summed E-state index contributed by atoms with van der Waals surface area (Å²) >= 11 is 0. The topological polar surface area (TPSA) is 52.6 Å². The molecule has 0 spiro atoms. The maximum atomic E-state index is 11.5. The highest BCUT2D eigenvalue weighted by Gasteiger charge is 2.27. The molecule has 0 aliphatic carbocycles. The normalized spacial score (nSPS) is 16.7. The van der Waals surface area contributed by atoms with Gasteiger partial charge in [0.15, 0.2) is 5.78 Å². The molecule has 0 N–H and O–H groups in total. The van der Waals surface area contributed by atoms with Crippen LogP contribution in [0.4, 0.5) is 0 Å². The molecule has 0 saturated heterocycles. The van der Waals surface area contributed by atoms with Crippen molar-refractivity contribution in [2.24, 2.45) is 0 Å². The third kappa shape index (κ3) is 2.01. The predicted octanol–water partition coefficient (Wildman–Crippen LogP) is 1.96. The lowest BCUT2D eigenvalue weighted by atomic mass is 10.0. The Morgan fingerprint density at radius 1 is 1.56 bits per heavy atom. The van der Waals surface area contributed by atoms with E-state index in [1.54, 1.807) is 12.1 Å². The Bertz CT molecular complexity index is 531. The van der Waals surface area contributed by atoms with Crippen LogP contribution in [-0.2, 0) is 11.2 Å². The zero-order valence-electron chi connectivity index (χ0n) is 10.4. The van der Waals surface area contributed by atoms with Crippen molar-refractivity contribution in [2.45, 2.75) is 19.4 Å². The molecule has 2 rings (SSSR count). The first-order valence-corrected chi connectivity index (χ1v) is 5.59. The summed E-state index contributed by atoms with van der Waals surface area (Å²) in [6.07, 6.45) is 0.922. The van der Waals surface area contributed by atoms with E-state index in [4.69, 9.17) is 9.47 Å². The summed E-state index contributed by atoms with van der Waals surface area (Å²) in [5.41, 5.74) is 1.80. The Hall–Kier alpha value is -2.10. The fourth-order valence-electron chi connectivity index (χ4n) is 1.99. The molecule has 1 aliphatic heterocycles. The van der Waals surface area contributed by atoms with Crippen molar-refractivity contribution < 1.29 is 19.1 Å². The Morgan fingerprint density at radius 2 is 2.28 bits per heavy atom. The molecule has 1 aromatic carbocycles. The van der Waals surface area contributed by atoms with Crippen molar-refractivity contribution in [2.75, 3.05) is 7.11 Å². The van der Waals surface area contributed by atoms with E-state index in [-0.39, 0.29) is 11.9 Å². The molecule has 4 heteroatoms. The molecule has 0 radical (unpaired) electrons. The van der Waals surface area contributed by atoms with Crippen molar-refractivity contribution in [3.63, 3.8) is 0 Å². The molecule has 0 saturated carbocycles. The standard InChI is InChI=1S/C14H14O4/c1-8(7-15)12-4-10-5-14(17-3)11(9(2)16)6-13(10)18-12/h5-7,12H,1,4H2,2-3H3. The Balaban J connectivity index is 2.39. The fourth-order valence-corrected chi connectivity index (χ4v) is 1.99. The van der Waals surface area contributed by atoms with Gasteiger partial charge in [0.1, 0.15) is 23.9 Å². The molecular formula is C14H14O4. The SMILES string of the molecule is C=C(C=O)C1Cc2cc(OC)c(C(C)=O)cc2O1. The van der Waals surface area contributed by atoms with Crippen LogP contribution in [0.3, 0.4) is 0 Å². The van der Waals surface area contributed by atoms with Gasteiger partial charge in [0.2, 0.25) is 0 Å². The number of hydrogen-bond acceptors (Lipinski definition) is 4. The minimum Gasteiger partial charge on any atom is -0.496 e. The molecule has 1 unspecified atom stereocenters. The highest BCUT2D eigenvalue weighted by atomic mass is 16.5. The number of aldehydes is 1. The monoisotopic (exact) mass is 246 g/mol. The molecule has 94 valence electrons. The number of Topliss-reactive ketones (excluding diaryl/α,β-unsaturated/α-hetero) is 1. The van der Waals surface area contributed by atoms with Crippen LogP contribution in [0.2, 0.25) is 0 Å². The van der Waals surface area contributed by atoms with Crippen LogP contribution in [0.1, 0.15) is 22.8 Å². The van der Waals surface area contributed by atoms with Gasteiger partial charge >= 0.3 is 0 Å². The third-order valence-electron chi connectivity index (χ3n) is 3.00. The van der Waals surface area contributed by atoms with E-state index in [2.05, 4.69) is 6.58 Å². The van der Waals surface area contributed by atoms with Gasteiger partial charge in [-0.1, -0.05) is 6.58 Å². The predicted molar refractivity (Wildman–Crippen MR) is 66.3 cm³/mol. The van der Waals surface area contributed by atoms with Crippen LogP contribution in [0.25, 0.3) is 0 Å². The number of methoxy groups -OCH3 is 1. The Labute approximate surface area is 105 Å². The van der Waals surface area contributed by atoms with Gasteiger partial charge in [0.05, 0.1) is 12.7 Å². The van der Waals surface area contributed by atoms with E-state index in [0.717, 1.165) is 5.56 Å². The van der Waals surface area contributed by atoms with Crippen LogP contribution >= 0.6 is 0 Å². The number of carbonyl (C=O) groups excluding carboxylic acids is 2. The van der Waals surface area contributed by atoms with E-state index in [0.29, 0.717) is 35.3 Å². The second-order valence-corrected chi connectivity index (χ2v) is 4.22. The minimum atomic E-state index is -0.343. The van der Waals surface area contributed by atoms with Crippen LogP contribution in [-0.4, -0.2) is 25.3 Å². The summed E-state index contributed by atoms with van der Waals surface area (Å²) in [6, 6.07) is 3.44. The lowest BCUT2D eigenvalue weighted by Gasteiger charge is -2.09. The maximum absolute atomic E-state index is 11.5. The molecule has 0 fully saturated rings. The van der Waals surface area contributed by atoms with Crippen LogP contribution in [0.15, 0.2) is 24.3 Å². The summed E-state index contributed by atoms with van der Waals surface area (Å²) in [5.74, 6) is 1.06. The van der Waals surface area contributed by atoms with Gasteiger partial charge in [0.25, 0.3) is 0 Å². The number of ketones is 1. The zero-order valence-corrected chi connectivity index (χ0v) is 10.4. The van der Waals surface area contributed by atoms with E-state index in [9.17, 15) is 9.59 Å². The summed E-state index contributed by atoms with van der Waals surface area (Å²) in [6.45, 7) is 5.12. The van der Waals surface area contributed by atoms with E-state index in [1.165, 1.54) is 14.0 Å². The molecule has 0 amide bonds. The number of benzene rings is 1.